The topological polar surface area (TPSA) is 12.5 Å². The van der Waals surface area contributed by atoms with E-state index in [2.05, 4.69) is 61.6 Å². The van der Waals surface area contributed by atoms with Gasteiger partial charge in [0.25, 0.3) is 0 Å². The van der Waals surface area contributed by atoms with Crippen molar-refractivity contribution in [3.05, 3.63) is 31.8 Å². The van der Waals surface area contributed by atoms with Gasteiger partial charge in [-0.3, -0.25) is 4.90 Å². The lowest BCUT2D eigenvalue weighted by Crippen LogP contribution is -2.22. The van der Waals surface area contributed by atoms with Crippen LogP contribution in [0.2, 0.25) is 0 Å². The van der Waals surface area contributed by atoms with E-state index in [1.807, 2.05) is 0 Å². The summed E-state index contributed by atoms with van der Waals surface area (Å²) in [4.78, 5) is 2.45. The van der Waals surface area contributed by atoms with Crippen LogP contribution in [-0.4, -0.2) is 31.2 Å². The first kappa shape index (κ1) is 12.8. The number of halogens is 2. The molecule has 1 atom stereocenters. The zero-order valence-corrected chi connectivity index (χ0v) is 13.0. The maximum atomic E-state index is 5.38. The molecule has 0 aromatic heterocycles. The summed E-state index contributed by atoms with van der Waals surface area (Å²) in [7, 11) is 1.80. The highest BCUT2D eigenvalue weighted by atomic mass is 127. The van der Waals surface area contributed by atoms with Crippen LogP contribution < -0.4 is 0 Å². The lowest BCUT2D eigenvalue weighted by atomic mass is 10.2. The van der Waals surface area contributed by atoms with Crippen LogP contribution in [0.3, 0.4) is 0 Å². The summed E-state index contributed by atoms with van der Waals surface area (Å²) in [5.41, 5.74) is 1.36. The maximum absolute atomic E-state index is 5.38. The smallest absolute Gasteiger partial charge is 0.0710 e. The standard InChI is InChI=1S/C12H15BrINO/c1-16-11-4-5-15(8-11)7-9-6-10(14)2-3-12(9)13/h2-3,6,11H,4-5,7-8H2,1H3/t11-/m1/s1. The zero-order valence-electron chi connectivity index (χ0n) is 9.25. The van der Waals surface area contributed by atoms with Crippen molar-refractivity contribution in [3.8, 4) is 0 Å². The highest BCUT2D eigenvalue weighted by Gasteiger charge is 2.22. The average molecular weight is 396 g/mol. The fraction of sp³-hybridized carbons (Fsp3) is 0.500. The normalized spacial score (nSPS) is 21.6. The molecule has 0 amide bonds. The van der Waals surface area contributed by atoms with Crippen molar-refractivity contribution in [3.63, 3.8) is 0 Å². The van der Waals surface area contributed by atoms with Crippen LogP contribution >= 0.6 is 38.5 Å². The van der Waals surface area contributed by atoms with E-state index in [1.165, 1.54) is 13.6 Å². The number of hydrogen-bond acceptors (Lipinski definition) is 2. The molecule has 0 radical (unpaired) electrons. The Balaban J connectivity index is 2.01. The molecule has 0 aliphatic carbocycles. The molecule has 88 valence electrons. The SMILES string of the molecule is CO[C@@H]1CCN(Cc2cc(I)ccc2Br)C1. The van der Waals surface area contributed by atoms with E-state index in [1.54, 1.807) is 7.11 Å². The molecule has 0 unspecified atom stereocenters. The van der Waals surface area contributed by atoms with Crippen LogP contribution in [0.4, 0.5) is 0 Å². The molecule has 16 heavy (non-hydrogen) atoms. The quantitative estimate of drug-likeness (QED) is 0.728. The van der Waals surface area contributed by atoms with Gasteiger partial charge in [-0.25, -0.2) is 0 Å². The molecule has 1 aliphatic rings. The van der Waals surface area contributed by atoms with Gasteiger partial charge >= 0.3 is 0 Å². The second-order valence-electron chi connectivity index (χ2n) is 4.12. The lowest BCUT2D eigenvalue weighted by molar-refractivity contribution is 0.107. The van der Waals surface area contributed by atoms with Crippen LogP contribution in [-0.2, 0) is 11.3 Å². The molecule has 0 N–H and O–H groups in total. The highest BCUT2D eigenvalue weighted by molar-refractivity contribution is 14.1. The van der Waals surface area contributed by atoms with Gasteiger partial charge in [-0.15, -0.1) is 0 Å². The predicted octanol–water partition coefficient (Wildman–Crippen LogP) is 3.27. The average Bonchev–Trinajstić information content (AvgIpc) is 2.71. The van der Waals surface area contributed by atoms with E-state index in [4.69, 9.17) is 4.74 Å². The lowest BCUT2D eigenvalue weighted by Gasteiger charge is -2.16. The third kappa shape index (κ3) is 3.18. The fourth-order valence-corrected chi connectivity index (χ4v) is 2.97. The number of methoxy groups -OCH3 is 1. The first-order valence-electron chi connectivity index (χ1n) is 5.38. The molecular weight excluding hydrogens is 381 g/mol. The third-order valence-electron chi connectivity index (χ3n) is 2.96. The Kier molecular flexibility index (Phi) is 4.64. The van der Waals surface area contributed by atoms with Crippen LogP contribution in [0, 0.1) is 3.57 Å². The second kappa shape index (κ2) is 5.80. The Hall–Kier alpha value is 0.350. The first-order valence-corrected chi connectivity index (χ1v) is 7.25. The maximum Gasteiger partial charge on any atom is 0.0710 e. The minimum absolute atomic E-state index is 0.418. The van der Waals surface area contributed by atoms with Gasteiger partial charge < -0.3 is 4.74 Å². The van der Waals surface area contributed by atoms with E-state index in [9.17, 15) is 0 Å². The van der Waals surface area contributed by atoms with Gasteiger partial charge in [0.1, 0.15) is 0 Å². The highest BCUT2D eigenvalue weighted by Crippen LogP contribution is 2.23. The molecule has 0 bridgehead atoms. The molecule has 2 rings (SSSR count). The molecule has 0 spiro atoms. The number of ether oxygens (including phenoxy) is 1. The number of rotatable bonds is 3. The minimum Gasteiger partial charge on any atom is -0.380 e. The van der Waals surface area contributed by atoms with Crippen molar-refractivity contribution in [2.45, 2.75) is 19.1 Å². The molecule has 1 aromatic rings. The van der Waals surface area contributed by atoms with Crippen LogP contribution in [0.15, 0.2) is 22.7 Å². The van der Waals surface area contributed by atoms with Crippen LogP contribution in [0.25, 0.3) is 0 Å². The number of likely N-dealkylation sites (tertiary alicyclic amines) is 1. The molecule has 1 saturated heterocycles. The number of hydrogen-bond donors (Lipinski definition) is 0. The Morgan fingerprint density at radius 3 is 3.06 bits per heavy atom. The van der Waals surface area contributed by atoms with E-state index in [-0.39, 0.29) is 0 Å². The Morgan fingerprint density at radius 2 is 2.38 bits per heavy atom. The molecule has 1 heterocycles. The van der Waals surface area contributed by atoms with Gasteiger partial charge in [0.05, 0.1) is 6.10 Å². The van der Waals surface area contributed by atoms with Gasteiger partial charge in [-0.05, 0) is 52.8 Å². The van der Waals surface area contributed by atoms with E-state index >= 15 is 0 Å². The summed E-state index contributed by atoms with van der Waals surface area (Å²) in [6.45, 7) is 3.20. The molecule has 1 aromatic carbocycles. The van der Waals surface area contributed by atoms with Crippen LogP contribution in [0.1, 0.15) is 12.0 Å². The summed E-state index contributed by atoms with van der Waals surface area (Å²) in [5.74, 6) is 0. The molecule has 1 fully saturated rings. The fourth-order valence-electron chi connectivity index (χ4n) is 2.04. The summed E-state index contributed by atoms with van der Waals surface area (Å²) in [5, 5.41) is 0. The minimum atomic E-state index is 0.418. The zero-order chi connectivity index (χ0) is 11.5. The third-order valence-corrected chi connectivity index (χ3v) is 4.41. The van der Waals surface area contributed by atoms with Gasteiger partial charge in [0.15, 0.2) is 0 Å². The van der Waals surface area contributed by atoms with Crippen molar-refractivity contribution in [2.24, 2.45) is 0 Å². The molecule has 0 saturated carbocycles. The van der Waals surface area contributed by atoms with Gasteiger partial charge in [-0.2, -0.15) is 0 Å². The van der Waals surface area contributed by atoms with Crippen molar-refractivity contribution in [1.82, 2.24) is 4.90 Å². The van der Waals surface area contributed by atoms with E-state index in [0.717, 1.165) is 26.1 Å². The first-order chi connectivity index (χ1) is 7.69. The summed E-state index contributed by atoms with van der Waals surface area (Å²) in [6.07, 6.45) is 1.57. The van der Waals surface area contributed by atoms with Gasteiger partial charge in [0.2, 0.25) is 0 Å². The summed E-state index contributed by atoms with van der Waals surface area (Å²) >= 11 is 5.96. The molecule has 2 nitrogen and oxygen atoms in total. The monoisotopic (exact) mass is 395 g/mol. The molecule has 1 aliphatic heterocycles. The predicted molar refractivity (Wildman–Crippen MR) is 77.6 cm³/mol. The van der Waals surface area contributed by atoms with Crippen molar-refractivity contribution in [1.29, 1.82) is 0 Å². The summed E-state index contributed by atoms with van der Waals surface area (Å²) < 4.78 is 7.87. The van der Waals surface area contributed by atoms with E-state index < -0.39 is 0 Å². The Morgan fingerprint density at radius 1 is 1.56 bits per heavy atom. The largest absolute Gasteiger partial charge is 0.380 e. The van der Waals surface area contributed by atoms with Crippen LogP contribution in [0.5, 0.6) is 0 Å². The number of nitrogens with zero attached hydrogens (tertiary/aromatic N) is 1. The van der Waals surface area contributed by atoms with Crippen molar-refractivity contribution >= 4 is 38.5 Å². The molecule has 4 heteroatoms. The second-order valence-corrected chi connectivity index (χ2v) is 6.22. The van der Waals surface area contributed by atoms with E-state index in [0.29, 0.717) is 6.10 Å². The number of benzene rings is 1. The van der Waals surface area contributed by atoms with Gasteiger partial charge in [-0.1, -0.05) is 15.9 Å². The van der Waals surface area contributed by atoms with Crippen molar-refractivity contribution in [2.75, 3.05) is 20.2 Å². The van der Waals surface area contributed by atoms with Gasteiger partial charge in [0, 0.05) is 34.8 Å². The Bertz CT molecular complexity index is 372. The molecular formula is C12H15BrINO. The summed E-state index contributed by atoms with van der Waals surface area (Å²) in [6, 6.07) is 6.49. The van der Waals surface area contributed by atoms with Crippen molar-refractivity contribution < 1.29 is 4.74 Å². The Labute approximate surface area is 119 Å².